The molecule has 0 atom stereocenters. The summed E-state index contributed by atoms with van der Waals surface area (Å²) in [4.78, 5) is 20.7. The third-order valence-electron chi connectivity index (χ3n) is 4.37. The van der Waals surface area contributed by atoms with Crippen molar-refractivity contribution in [2.75, 3.05) is 26.1 Å². The van der Waals surface area contributed by atoms with Gasteiger partial charge in [0.05, 0.1) is 14.2 Å². The van der Waals surface area contributed by atoms with Crippen LogP contribution in [0.4, 0.5) is 11.5 Å². The van der Waals surface area contributed by atoms with Gasteiger partial charge in [0.2, 0.25) is 0 Å². The molecule has 0 aliphatic rings. The van der Waals surface area contributed by atoms with Gasteiger partial charge in [-0.05, 0) is 43.2 Å². The van der Waals surface area contributed by atoms with Crippen LogP contribution < -0.4 is 20.1 Å². The Morgan fingerprint density at radius 3 is 2.45 bits per heavy atom. The number of amides is 1. The molecular formula is C22H24N4O3. The minimum absolute atomic E-state index is 0.250. The van der Waals surface area contributed by atoms with Crippen LogP contribution in [-0.2, 0) is 6.42 Å². The lowest BCUT2D eigenvalue weighted by Crippen LogP contribution is -2.26. The molecular weight excluding hydrogens is 368 g/mol. The number of benzene rings is 2. The number of aromatic nitrogens is 2. The Balaban J connectivity index is 1.57. The van der Waals surface area contributed by atoms with Crippen molar-refractivity contribution in [1.29, 1.82) is 0 Å². The van der Waals surface area contributed by atoms with E-state index < -0.39 is 0 Å². The van der Waals surface area contributed by atoms with Gasteiger partial charge in [-0.3, -0.25) is 4.79 Å². The molecule has 150 valence electrons. The zero-order valence-corrected chi connectivity index (χ0v) is 16.7. The van der Waals surface area contributed by atoms with E-state index in [1.54, 1.807) is 20.3 Å². The van der Waals surface area contributed by atoms with Gasteiger partial charge in [-0.2, -0.15) is 0 Å². The molecule has 3 rings (SSSR count). The number of carbonyl (C=O) groups is 1. The largest absolute Gasteiger partial charge is 0.493 e. The van der Waals surface area contributed by atoms with Crippen LogP contribution in [-0.4, -0.2) is 36.6 Å². The van der Waals surface area contributed by atoms with Crippen molar-refractivity contribution in [1.82, 2.24) is 15.3 Å². The Hall–Kier alpha value is -3.61. The molecule has 0 fully saturated rings. The van der Waals surface area contributed by atoms with Crippen LogP contribution in [0, 0.1) is 6.92 Å². The van der Waals surface area contributed by atoms with E-state index in [4.69, 9.17) is 9.47 Å². The first kappa shape index (κ1) is 20.1. The topological polar surface area (TPSA) is 85.4 Å². The molecule has 0 spiro atoms. The van der Waals surface area contributed by atoms with Crippen LogP contribution >= 0.6 is 0 Å². The predicted octanol–water partition coefficient (Wildman–Crippen LogP) is 3.52. The lowest BCUT2D eigenvalue weighted by Gasteiger charge is -2.10. The molecule has 0 saturated carbocycles. The van der Waals surface area contributed by atoms with Gasteiger partial charge >= 0.3 is 0 Å². The van der Waals surface area contributed by atoms with Gasteiger partial charge in [0.15, 0.2) is 11.5 Å². The highest BCUT2D eigenvalue weighted by atomic mass is 16.5. The normalized spacial score (nSPS) is 10.3. The van der Waals surface area contributed by atoms with Gasteiger partial charge in [0.25, 0.3) is 5.91 Å². The van der Waals surface area contributed by atoms with E-state index in [0.717, 1.165) is 11.3 Å². The second-order valence-electron chi connectivity index (χ2n) is 6.47. The van der Waals surface area contributed by atoms with Crippen molar-refractivity contribution in [3.05, 3.63) is 71.7 Å². The zero-order chi connectivity index (χ0) is 20.6. The summed E-state index contributed by atoms with van der Waals surface area (Å²) >= 11 is 0. The quantitative estimate of drug-likeness (QED) is 0.610. The highest BCUT2D eigenvalue weighted by Crippen LogP contribution is 2.27. The summed E-state index contributed by atoms with van der Waals surface area (Å²) < 4.78 is 10.5. The molecule has 0 saturated heterocycles. The molecule has 7 heteroatoms. The standard InChI is InChI=1S/C22H24N4O3/c1-15-4-7-17(8-5-15)26-21-13-18(24-14-25-21)22(27)23-11-10-16-6-9-19(28-2)20(12-16)29-3/h4-9,12-14H,10-11H2,1-3H3,(H,23,27)(H,24,25,26). The van der Waals surface area contributed by atoms with E-state index in [2.05, 4.69) is 20.6 Å². The average molecular weight is 392 g/mol. The number of nitrogens with zero attached hydrogens (tertiary/aromatic N) is 2. The molecule has 0 aliphatic heterocycles. The summed E-state index contributed by atoms with van der Waals surface area (Å²) in [5.74, 6) is 1.66. The van der Waals surface area contributed by atoms with Crippen molar-refractivity contribution in [2.24, 2.45) is 0 Å². The van der Waals surface area contributed by atoms with Gasteiger partial charge in [-0.15, -0.1) is 0 Å². The van der Waals surface area contributed by atoms with Gasteiger partial charge < -0.3 is 20.1 Å². The van der Waals surface area contributed by atoms with E-state index in [-0.39, 0.29) is 5.91 Å². The molecule has 0 aliphatic carbocycles. The lowest BCUT2D eigenvalue weighted by molar-refractivity contribution is 0.0949. The molecule has 7 nitrogen and oxygen atoms in total. The number of hydrogen-bond donors (Lipinski definition) is 2. The van der Waals surface area contributed by atoms with Crippen LogP contribution in [0.5, 0.6) is 11.5 Å². The van der Waals surface area contributed by atoms with Gasteiger partial charge in [0.1, 0.15) is 17.8 Å². The molecule has 0 unspecified atom stereocenters. The number of methoxy groups -OCH3 is 2. The van der Waals surface area contributed by atoms with Crippen LogP contribution in [0.25, 0.3) is 0 Å². The lowest BCUT2D eigenvalue weighted by atomic mass is 10.1. The van der Waals surface area contributed by atoms with E-state index in [0.29, 0.717) is 36.0 Å². The van der Waals surface area contributed by atoms with Crippen molar-refractivity contribution in [3.8, 4) is 11.5 Å². The highest BCUT2D eigenvalue weighted by molar-refractivity contribution is 5.92. The predicted molar refractivity (Wildman–Crippen MR) is 112 cm³/mol. The van der Waals surface area contributed by atoms with E-state index in [1.807, 2.05) is 49.4 Å². The molecule has 1 aromatic heterocycles. The summed E-state index contributed by atoms with van der Waals surface area (Å²) in [5.41, 5.74) is 3.41. The Bertz CT molecular complexity index is 974. The smallest absolute Gasteiger partial charge is 0.270 e. The van der Waals surface area contributed by atoms with Gasteiger partial charge in [-0.1, -0.05) is 23.8 Å². The van der Waals surface area contributed by atoms with Crippen molar-refractivity contribution >= 4 is 17.4 Å². The fraction of sp³-hybridized carbons (Fsp3) is 0.227. The summed E-state index contributed by atoms with van der Waals surface area (Å²) in [6.45, 7) is 2.50. The highest BCUT2D eigenvalue weighted by Gasteiger charge is 2.10. The number of aryl methyl sites for hydroxylation is 1. The van der Waals surface area contributed by atoms with Gasteiger partial charge in [0, 0.05) is 18.3 Å². The third kappa shape index (κ3) is 5.44. The molecule has 1 heterocycles. The fourth-order valence-electron chi connectivity index (χ4n) is 2.78. The van der Waals surface area contributed by atoms with Crippen molar-refractivity contribution in [3.63, 3.8) is 0 Å². The van der Waals surface area contributed by atoms with Crippen LogP contribution in [0.3, 0.4) is 0 Å². The Kier molecular flexibility index (Phi) is 6.63. The minimum atomic E-state index is -0.250. The Morgan fingerprint density at radius 1 is 0.966 bits per heavy atom. The first-order valence-corrected chi connectivity index (χ1v) is 9.24. The summed E-state index contributed by atoms with van der Waals surface area (Å²) in [7, 11) is 3.20. The second-order valence-corrected chi connectivity index (χ2v) is 6.47. The number of nitrogens with one attached hydrogen (secondary N) is 2. The maximum atomic E-state index is 12.4. The Morgan fingerprint density at radius 2 is 1.72 bits per heavy atom. The molecule has 29 heavy (non-hydrogen) atoms. The first-order chi connectivity index (χ1) is 14.1. The molecule has 1 amide bonds. The monoisotopic (exact) mass is 392 g/mol. The maximum absolute atomic E-state index is 12.4. The average Bonchev–Trinajstić information content (AvgIpc) is 2.75. The molecule has 0 radical (unpaired) electrons. The van der Waals surface area contributed by atoms with Gasteiger partial charge in [-0.25, -0.2) is 9.97 Å². The van der Waals surface area contributed by atoms with Crippen molar-refractivity contribution < 1.29 is 14.3 Å². The number of ether oxygens (including phenoxy) is 2. The molecule has 2 aromatic carbocycles. The number of hydrogen-bond acceptors (Lipinski definition) is 6. The molecule has 3 aromatic rings. The first-order valence-electron chi connectivity index (χ1n) is 9.24. The Labute approximate surface area is 170 Å². The maximum Gasteiger partial charge on any atom is 0.270 e. The minimum Gasteiger partial charge on any atom is -0.493 e. The van der Waals surface area contributed by atoms with Crippen LogP contribution in [0.2, 0.25) is 0 Å². The second kappa shape index (κ2) is 9.54. The zero-order valence-electron chi connectivity index (χ0n) is 16.7. The van der Waals surface area contributed by atoms with Crippen LogP contribution in [0.1, 0.15) is 21.6 Å². The van der Waals surface area contributed by atoms with E-state index in [9.17, 15) is 4.79 Å². The third-order valence-corrected chi connectivity index (χ3v) is 4.37. The fourth-order valence-corrected chi connectivity index (χ4v) is 2.78. The van der Waals surface area contributed by atoms with Crippen molar-refractivity contribution in [2.45, 2.75) is 13.3 Å². The molecule has 0 bridgehead atoms. The molecule has 2 N–H and O–H groups in total. The SMILES string of the molecule is COc1ccc(CCNC(=O)c2cc(Nc3ccc(C)cc3)ncn2)cc1OC. The number of anilines is 2. The van der Waals surface area contributed by atoms with E-state index >= 15 is 0 Å². The van der Waals surface area contributed by atoms with E-state index in [1.165, 1.54) is 11.9 Å². The number of carbonyl (C=O) groups excluding carboxylic acids is 1. The number of rotatable bonds is 8. The summed E-state index contributed by atoms with van der Waals surface area (Å²) in [6, 6.07) is 15.3. The van der Waals surface area contributed by atoms with Crippen LogP contribution in [0.15, 0.2) is 54.9 Å². The summed E-state index contributed by atoms with van der Waals surface area (Å²) in [6.07, 6.45) is 2.03. The summed E-state index contributed by atoms with van der Waals surface area (Å²) in [5, 5.41) is 6.06.